The van der Waals surface area contributed by atoms with Crippen LogP contribution in [0, 0.1) is 6.92 Å². The first kappa shape index (κ1) is 18.3. The van der Waals surface area contributed by atoms with Gasteiger partial charge < -0.3 is 20.1 Å². The number of benzene rings is 1. The zero-order valence-corrected chi connectivity index (χ0v) is 14.2. The number of nitrogens with zero attached hydrogens (tertiary/aromatic N) is 1. The highest BCUT2D eigenvalue weighted by molar-refractivity contribution is 5.79. The maximum atomic E-state index is 5.66. The van der Waals surface area contributed by atoms with Gasteiger partial charge in [-0.15, -0.1) is 0 Å². The molecule has 0 aliphatic rings. The molecule has 124 valence electrons. The third-order valence-corrected chi connectivity index (χ3v) is 2.97. The number of aliphatic imine (C=N–C) groups is 1. The SMILES string of the molecule is CN=C(NCCCOC(C)C)NCCOc1ccc(C)cc1. The summed E-state index contributed by atoms with van der Waals surface area (Å²) >= 11 is 0. The summed E-state index contributed by atoms with van der Waals surface area (Å²) in [6.45, 7) is 9.05. The Labute approximate surface area is 134 Å². The van der Waals surface area contributed by atoms with Crippen LogP contribution in [0.5, 0.6) is 5.75 Å². The topological polar surface area (TPSA) is 54.9 Å². The third-order valence-electron chi connectivity index (χ3n) is 2.97. The summed E-state index contributed by atoms with van der Waals surface area (Å²) in [5.41, 5.74) is 1.23. The average Bonchev–Trinajstić information content (AvgIpc) is 2.50. The number of hydrogen-bond acceptors (Lipinski definition) is 3. The molecule has 5 nitrogen and oxygen atoms in total. The molecule has 0 fully saturated rings. The van der Waals surface area contributed by atoms with Crippen LogP contribution in [0.4, 0.5) is 0 Å². The number of guanidine groups is 1. The molecule has 0 bridgehead atoms. The van der Waals surface area contributed by atoms with Gasteiger partial charge in [-0.1, -0.05) is 17.7 Å². The third kappa shape index (κ3) is 8.52. The second kappa shape index (κ2) is 10.9. The Morgan fingerprint density at radius 1 is 1.09 bits per heavy atom. The van der Waals surface area contributed by atoms with Gasteiger partial charge >= 0.3 is 0 Å². The molecule has 2 N–H and O–H groups in total. The number of ether oxygens (including phenoxy) is 2. The molecule has 0 radical (unpaired) electrons. The second-order valence-electron chi connectivity index (χ2n) is 5.36. The number of rotatable bonds is 9. The molecule has 5 heteroatoms. The molecular formula is C17H29N3O2. The van der Waals surface area contributed by atoms with Crippen molar-refractivity contribution in [1.29, 1.82) is 0 Å². The van der Waals surface area contributed by atoms with Crippen molar-refractivity contribution in [2.24, 2.45) is 4.99 Å². The maximum Gasteiger partial charge on any atom is 0.191 e. The fourth-order valence-electron chi connectivity index (χ4n) is 1.79. The van der Waals surface area contributed by atoms with Crippen LogP contribution in [-0.4, -0.2) is 45.4 Å². The van der Waals surface area contributed by atoms with E-state index in [0.29, 0.717) is 13.2 Å². The summed E-state index contributed by atoms with van der Waals surface area (Å²) in [6, 6.07) is 8.05. The molecule has 0 atom stereocenters. The minimum Gasteiger partial charge on any atom is -0.492 e. The summed E-state index contributed by atoms with van der Waals surface area (Å²) in [4.78, 5) is 4.18. The van der Waals surface area contributed by atoms with E-state index in [4.69, 9.17) is 9.47 Å². The van der Waals surface area contributed by atoms with E-state index in [2.05, 4.69) is 22.5 Å². The Kier molecular flexibility index (Phi) is 9.07. The van der Waals surface area contributed by atoms with Crippen molar-refractivity contribution in [2.75, 3.05) is 33.4 Å². The molecule has 1 rings (SSSR count). The summed E-state index contributed by atoms with van der Waals surface area (Å²) < 4.78 is 11.2. The lowest BCUT2D eigenvalue weighted by Gasteiger charge is -2.13. The summed E-state index contributed by atoms with van der Waals surface area (Å²) in [6.07, 6.45) is 1.25. The van der Waals surface area contributed by atoms with Gasteiger partial charge in [-0.3, -0.25) is 4.99 Å². The molecule has 0 aliphatic heterocycles. The van der Waals surface area contributed by atoms with Crippen molar-refractivity contribution in [3.63, 3.8) is 0 Å². The highest BCUT2D eigenvalue weighted by atomic mass is 16.5. The normalized spacial score (nSPS) is 11.6. The fourth-order valence-corrected chi connectivity index (χ4v) is 1.79. The van der Waals surface area contributed by atoms with Crippen LogP contribution in [0.25, 0.3) is 0 Å². The summed E-state index contributed by atoms with van der Waals surface area (Å²) in [7, 11) is 1.76. The first-order valence-electron chi connectivity index (χ1n) is 7.87. The van der Waals surface area contributed by atoms with E-state index in [0.717, 1.165) is 31.3 Å². The van der Waals surface area contributed by atoms with E-state index in [1.54, 1.807) is 7.05 Å². The van der Waals surface area contributed by atoms with Crippen LogP contribution in [0.3, 0.4) is 0 Å². The molecule has 22 heavy (non-hydrogen) atoms. The van der Waals surface area contributed by atoms with E-state index < -0.39 is 0 Å². The molecule has 1 aromatic carbocycles. The Morgan fingerprint density at radius 3 is 2.41 bits per heavy atom. The van der Waals surface area contributed by atoms with Crippen molar-refractivity contribution in [2.45, 2.75) is 33.3 Å². The maximum absolute atomic E-state index is 5.66. The lowest BCUT2D eigenvalue weighted by Crippen LogP contribution is -2.39. The molecule has 0 saturated carbocycles. The average molecular weight is 307 g/mol. The van der Waals surface area contributed by atoms with Crippen LogP contribution in [0.1, 0.15) is 25.8 Å². The van der Waals surface area contributed by atoms with Gasteiger partial charge in [0.25, 0.3) is 0 Å². The zero-order chi connectivity index (χ0) is 16.2. The fraction of sp³-hybridized carbons (Fsp3) is 0.588. The van der Waals surface area contributed by atoms with Crippen LogP contribution in [-0.2, 0) is 4.74 Å². The molecule has 0 saturated heterocycles. The van der Waals surface area contributed by atoms with E-state index in [1.807, 2.05) is 38.1 Å². The molecule has 0 heterocycles. The lowest BCUT2D eigenvalue weighted by molar-refractivity contribution is 0.0776. The van der Waals surface area contributed by atoms with Gasteiger partial charge in [0.05, 0.1) is 12.6 Å². The van der Waals surface area contributed by atoms with Crippen LogP contribution in [0.2, 0.25) is 0 Å². The Morgan fingerprint density at radius 2 is 1.77 bits per heavy atom. The van der Waals surface area contributed by atoms with E-state index in [-0.39, 0.29) is 6.10 Å². The molecule has 1 aromatic rings. The smallest absolute Gasteiger partial charge is 0.191 e. The number of hydrogen-bond donors (Lipinski definition) is 2. The lowest BCUT2D eigenvalue weighted by atomic mass is 10.2. The van der Waals surface area contributed by atoms with E-state index in [9.17, 15) is 0 Å². The van der Waals surface area contributed by atoms with Crippen LogP contribution < -0.4 is 15.4 Å². The summed E-state index contributed by atoms with van der Waals surface area (Å²) in [5, 5.41) is 6.48. The Bertz CT molecular complexity index is 430. The quantitative estimate of drug-likeness (QED) is 0.418. The molecule has 0 spiro atoms. The van der Waals surface area contributed by atoms with Gasteiger partial charge in [-0.05, 0) is 39.3 Å². The minimum absolute atomic E-state index is 0.288. The highest BCUT2D eigenvalue weighted by Gasteiger charge is 1.98. The van der Waals surface area contributed by atoms with Crippen LogP contribution >= 0.6 is 0 Å². The molecule has 0 amide bonds. The predicted octanol–water partition coefficient (Wildman–Crippen LogP) is 2.35. The Balaban J connectivity index is 2.09. The Hall–Kier alpha value is -1.75. The molecular weight excluding hydrogens is 278 g/mol. The van der Waals surface area contributed by atoms with Gasteiger partial charge in [0.2, 0.25) is 0 Å². The van der Waals surface area contributed by atoms with E-state index >= 15 is 0 Å². The first-order valence-corrected chi connectivity index (χ1v) is 7.87. The molecule has 0 aliphatic carbocycles. The van der Waals surface area contributed by atoms with Crippen molar-refractivity contribution in [3.05, 3.63) is 29.8 Å². The van der Waals surface area contributed by atoms with Crippen molar-refractivity contribution < 1.29 is 9.47 Å². The van der Waals surface area contributed by atoms with Crippen molar-refractivity contribution in [3.8, 4) is 5.75 Å². The van der Waals surface area contributed by atoms with Crippen molar-refractivity contribution in [1.82, 2.24) is 10.6 Å². The van der Waals surface area contributed by atoms with Gasteiger partial charge in [-0.2, -0.15) is 0 Å². The number of aryl methyl sites for hydroxylation is 1. The minimum atomic E-state index is 0.288. The first-order chi connectivity index (χ1) is 10.6. The van der Waals surface area contributed by atoms with Gasteiger partial charge in [0.1, 0.15) is 12.4 Å². The van der Waals surface area contributed by atoms with Crippen LogP contribution in [0.15, 0.2) is 29.3 Å². The second-order valence-corrected chi connectivity index (χ2v) is 5.36. The van der Waals surface area contributed by atoms with E-state index in [1.165, 1.54) is 5.56 Å². The van der Waals surface area contributed by atoms with Gasteiger partial charge in [0, 0.05) is 20.2 Å². The zero-order valence-electron chi connectivity index (χ0n) is 14.2. The standard InChI is InChI=1S/C17H29N3O2/c1-14(2)21-12-5-10-19-17(18-4)20-11-13-22-16-8-6-15(3)7-9-16/h6-9,14H,5,10-13H2,1-4H3,(H2,18,19,20). The summed E-state index contributed by atoms with van der Waals surface area (Å²) in [5.74, 6) is 1.68. The highest BCUT2D eigenvalue weighted by Crippen LogP contribution is 2.10. The van der Waals surface area contributed by atoms with Crippen molar-refractivity contribution >= 4 is 5.96 Å². The largest absolute Gasteiger partial charge is 0.492 e. The predicted molar refractivity (Wildman–Crippen MR) is 91.7 cm³/mol. The monoisotopic (exact) mass is 307 g/mol. The molecule has 0 aromatic heterocycles. The number of nitrogens with one attached hydrogen (secondary N) is 2. The van der Waals surface area contributed by atoms with Gasteiger partial charge in [0.15, 0.2) is 5.96 Å². The molecule has 0 unspecified atom stereocenters. The van der Waals surface area contributed by atoms with Gasteiger partial charge in [-0.25, -0.2) is 0 Å².